The molecule has 148 valence electrons. The Morgan fingerprint density at radius 1 is 1.24 bits per heavy atom. The second-order valence-electron chi connectivity index (χ2n) is 6.84. The van der Waals surface area contributed by atoms with Gasteiger partial charge in [0.2, 0.25) is 0 Å². The second-order valence-corrected chi connectivity index (χ2v) is 6.84. The van der Waals surface area contributed by atoms with Gasteiger partial charge < -0.3 is 15.4 Å². The van der Waals surface area contributed by atoms with E-state index in [0.29, 0.717) is 34.7 Å². The number of aromatic amines is 1. The molecule has 0 bridgehead atoms. The van der Waals surface area contributed by atoms with Crippen LogP contribution in [-0.4, -0.2) is 39.4 Å². The van der Waals surface area contributed by atoms with Crippen LogP contribution in [0.25, 0.3) is 11.3 Å². The molecule has 0 amide bonds. The van der Waals surface area contributed by atoms with Crippen LogP contribution in [0.2, 0.25) is 0 Å². The molecule has 3 N–H and O–H groups in total. The van der Waals surface area contributed by atoms with Crippen LogP contribution in [0.1, 0.15) is 25.0 Å². The van der Waals surface area contributed by atoms with Gasteiger partial charge in [0.05, 0.1) is 23.7 Å². The number of benzene rings is 1. The molecule has 2 heterocycles. The smallest absolute Gasteiger partial charge is 0.158 e. The van der Waals surface area contributed by atoms with Crippen LogP contribution < -0.4 is 15.4 Å². The Balaban J connectivity index is 1.54. The maximum Gasteiger partial charge on any atom is 0.158 e. The largest absolute Gasteiger partial charge is 0.490 e. The number of aromatic nitrogens is 4. The van der Waals surface area contributed by atoms with Gasteiger partial charge in [0.25, 0.3) is 0 Å². The Morgan fingerprint density at radius 3 is 2.86 bits per heavy atom. The normalized spacial score (nSPS) is 18.4. The fourth-order valence-corrected chi connectivity index (χ4v) is 3.45. The van der Waals surface area contributed by atoms with Gasteiger partial charge in [0, 0.05) is 12.1 Å². The number of nitrogens with zero attached hydrogens (tertiary/aromatic N) is 4. The summed E-state index contributed by atoms with van der Waals surface area (Å²) in [5.41, 5.74) is 1.05. The van der Waals surface area contributed by atoms with Crippen LogP contribution in [0, 0.1) is 17.1 Å². The highest BCUT2D eigenvalue weighted by Crippen LogP contribution is 2.35. The van der Waals surface area contributed by atoms with Crippen molar-refractivity contribution in [1.82, 2.24) is 25.5 Å². The summed E-state index contributed by atoms with van der Waals surface area (Å²) >= 11 is 0. The third kappa shape index (κ3) is 4.17. The minimum Gasteiger partial charge on any atom is -0.490 e. The van der Waals surface area contributed by atoms with E-state index in [1.807, 2.05) is 13.1 Å². The highest BCUT2D eigenvalue weighted by atomic mass is 19.1. The monoisotopic (exact) mass is 393 g/mol. The molecular formula is C20H20FN7O. The lowest BCUT2D eigenvalue weighted by molar-refractivity contribution is 0.207. The molecule has 1 aromatic carbocycles. The Kier molecular flexibility index (Phi) is 5.35. The molecule has 0 unspecified atom stereocenters. The van der Waals surface area contributed by atoms with Gasteiger partial charge in [-0.3, -0.25) is 5.10 Å². The number of nitrogens with one attached hydrogen (secondary N) is 3. The Morgan fingerprint density at radius 2 is 2.14 bits per heavy atom. The Labute approximate surface area is 167 Å². The fraction of sp³-hybridized carbons (Fsp3) is 0.300. The molecule has 0 aliphatic heterocycles. The van der Waals surface area contributed by atoms with Gasteiger partial charge in [-0.05, 0) is 38.4 Å². The number of halogens is 1. The van der Waals surface area contributed by atoms with Crippen LogP contribution in [0.3, 0.4) is 0 Å². The fourth-order valence-electron chi connectivity index (χ4n) is 3.45. The number of hydrogen-bond donors (Lipinski definition) is 3. The minimum absolute atomic E-state index is 0.0439. The predicted octanol–water partition coefficient (Wildman–Crippen LogP) is 3.14. The number of rotatable bonds is 6. The summed E-state index contributed by atoms with van der Waals surface area (Å²) in [6, 6.07) is 8.82. The highest BCUT2D eigenvalue weighted by Gasteiger charge is 2.26. The molecule has 0 spiro atoms. The second kappa shape index (κ2) is 8.24. The summed E-state index contributed by atoms with van der Waals surface area (Å²) in [6.07, 6.45) is 5.69. The lowest BCUT2D eigenvalue weighted by atomic mass is 10.1. The van der Waals surface area contributed by atoms with Crippen molar-refractivity contribution in [3.05, 3.63) is 48.2 Å². The van der Waals surface area contributed by atoms with E-state index in [-0.39, 0.29) is 17.6 Å². The summed E-state index contributed by atoms with van der Waals surface area (Å²) in [6.45, 7) is 0. The Hall–Kier alpha value is -3.51. The molecule has 0 radical (unpaired) electrons. The SMILES string of the molecule is CN[C@@H]1CC[C@@H](Oc2cccc(F)c2-c2cc(Nc3cnc(C#N)cn3)n[nH]2)C1. The summed E-state index contributed by atoms with van der Waals surface area (Å²) in [5.74, 6) is 0.972. The first-order valence-electron chi connectivity index (χ1n) is 9.33. The van der Waals surface area contributed by atoms with Crippen molar-refractivity contribution in [2.75, 3.05) is 12.4 Å². The maximum atomic E-state index is 14.7. The molecule has 0 saturated heterocycles. The van der Waals surface area contributed by atoms with Gasteiger partial charge >= 0.3 is 0 Å². The predicted molar refractivity (Wildman–Crippen MR) is 105 cm³/mol. The van der Waals surface area contributed by atoms with E-state index in [9.17, 15) is 4.39 Å². The molecule has 1 fully saturated rings. The standard InChI is InChI=1S/C20H20FN7O/c1-23-12-5-6-14(7-12)29-17-4-2-3-15(21)20(17)16-8-18(28-27-16)26-19-11-24-13(9-22)10-25-19/h2-4,8,10-12,14,23H,5-7H2,1H3,(H2,25,26,27,28)/t12-,14-/m1/s1. The van der Waals surface area contributed by atoms with E-state index in [0.717, 1.165) is 19.3 Å². The van der Waals surface area contributed by atoms with E-state index >= 15 is 0 Å². The number of nitriles is 1. The third-order valence-corrected chi connectivity index (χ3v) is 4.93. The number of anilines is 2. The molecule has 1 aliphatic rings. The van der Waals surface area contributed by atoms with Gasteiger partial charge in [-0.1, -0.05) is 6.07 Å². The van der Waals surface area contributed by atoms with Crippen molar-refractivity contribution in [1.29, 1.82) is 5.26 Å². The molecular weight excluding hydrogens is 373 g/mol. The topological polar surface area (TPSA) is 112 Å². The maximum absolute atomic E-state index is 14.7. The van der Waals surface area contributed by atoms with Crippen LogP contribution in [0.15, 0.2) is 36.7 Å². The first-order valence-corrected chi connectivity index (χ1v) is 9.33. The molecule has 8 nitrogen and oxygen atoms in total. The van der Waals surface area contributed by atoms with Crippen molar-refractivity contribution in [3.8, 4) is 23.1 Å². The quantitative estimate of drug-likeness (QED) is 0.590. The third-order valence-electron chi connectivity index (χ3n) is 4.93. The molecule has 4 rings (SSSR count). The zero-order valence-corrected chi connectivity index (χ0v) is 15.8. The summed E-state index contributed by atoms with van der Waals surface area (Å²) in [7, 11) is 1.94. The first-order chi connectivity index (χ1) is 14.2. The summed E-state index contributed by atoms with van der Waals surface area (Å²) in [5, 5.41) is 22.0. The molecule has 29 heavy (non-hydrogen) atoms. The van der Waals surface area contributed by atoms with Crippen molar-refractivity contribution in [2.45, 2.75) is 31.4 Å². The zero-order valence-electron chi connectivity index (χ0n) is 15.8. The number of H-pyrrole nitrogens is 1. The first kappa shape index (κ1) is 18.8. The van der Waals surface area contributed by atoms with Gasteiger partial charge in [-0.15, -0.1) is 0 Å². The molecule has 2 atom stereocenters. The Bertz CT molecular complexity index is 1030. The summed E-state index contributed by atoms with van der Waals surface area (Å²) in [4.78, 5) is 8.04. The van der Waals surface area contributed by atoms with E-state index in [1.165, 1.54) is 18.5 Å². The van der Waals surface area contributed by atoms with Crippen molar-refractivity contribution < 1.29 is 9.13 Å². The van der Waals surface area contributed by atoms with Crippen molar-refractivity contribution >= 4 is 11.6 Å². The van der Waals surface area contributed by atoms with Crippen LogP contribution >= 0.6 is 0 Å². The average Bonchev–Trinajstić information content (AvgIpc) is 3.38. The van der Waals surface area contributed by atoms with Gasteiger partial charge in [0.15, 0.2) is 11.5 Å². The lowest BCUT2D eigenvalue weighted by Crippen LogP contribution is -2.23. The van der Waals surface area contributed by atoms with E-state index in [4.69, 9.17) is 10.00 Å². The van der Waals surface area contributed by atoms with Crippen molar-refractivity contribution in [3.63, 3.8) is 0 Å². The molecule has 1 saturated carbocycles. The van der Waals surface area contributed by atoms with Gasteiger partial charge in [0.1, 0.15) is 29.6 Å². The van der Waals surface area contributed by atoms with Crippen LogP contribution in [-0.2, 0) is 0 Å². The molecule has 9 heteroatoms. The minimum atomic E-state index is -0.390. The molecule has 2 aromatic heterocycles. The molecule has 3 aromatic rings. The summed E-state index contributed by atoms with van der Waals surface area (Å²) < 4.78 is 20.8. The van der Waals surface area contributed by atoms with Crippen LogP contribution in [0.5, 0.6) is 5.75 Å². The number of hydrogen-bond acceptors (Lipinski definition) is 7. The number of ether oxygens (including phenoxy) is 1. The average molecular weight is 393 g/mol. The molecule has 1 aliphatic carbocycles. The highest BCUT2D eigenvalue weighted by molar-refractivity contribution is 5.71. The van der Waals surface area contributed by atoms with Crippen LogP contribution in [0.4, 0.5) is 16.0 Å². The van der Waals surface area contributed by atoms with Gasteiger partial charge in [-0.2, -0.15) is 10.4 Å². The zero-order chi connectivity index (χ0) is 20.2. The van der Waals surface area contributed by atoms with E-state index < -0.39 is 0 Å². The van der Waals surface area contributed by atoms with E-state index in [2.05, 4.69) is 30.8 Å². The van der Waals surface area contributed by atoms with Crippen molar-refractivity contribution in [2.24, 2.45) is 0 Å². The lowest BCUT2D eigenvalue weighted by Gasteiger charge is -2.17. The van der Waals surface area contributed by atoms with E-state index in [1.54, 1.807) is 18.2 Å². The van der Waals surface area contributed by atoms with Gasteiger partial charge in [-0.25, -0.2) is 14.4 Å².